The molecule has 6 heteroatoms. The van der Waals surface area contributed by atoms with Crippen LogP contribution in [0.2, 0.25) is 0 Å². The zero-order valence-corrected chi connectivity index (χ0v) is 11.8. The van der Waals surface area contributed by atoms with Crippen molar-refractivity contribution < 1.29 is 4.74 Å². The summed E-state index contributed by atoms with van der Waals surface area (Å²) in [7, 11) is 0. The Kier molecular flexibility index (Phi) is 2.94. The third kappa shape index (κ3) is 2.19. The van der Waals surface area contributed by atoms with Crippen LogP contribution in [-0.4, -0.2) is 26.5 Å². The van der Waals surface area contributed by atoms with E-state index in [0.717, 1.165) is 26.9 Å². The van der Waals surface area contributed by atoms with Crippen LogP contribution >= 0.6 is 11.3 Å². The van der Waals surface area contributed by atoms with E-state index in [2.05, 4.69) is 19.9 Å². The average Bonchev–Trinajstić information content (AvgIpc) is 2.92. The molecule has 1 N–H and O–H groups in total. The van der Waals surface area contributed by atoms with Crippen molar-refractivity contribution in [3.63, 3.8) is 0 Å². The molecule has 3 rings (SSSR count). The van der Waals surface area contributed by atoms with Gasteiger partial charge in [0.05, 0.1) is 27.7 Å². The zero-order valence-electron chi connectivity index (χ0n) is 11.0. The average molecular weight is 274 g/mol. The summed E-state index contributed by atoms with van der Waals surface area (Å²) in [6, 6.07) is 3.78. The number of hydrogen-bond donors (Lipinski definition) is 1. The summed E-state index contributed by atoms with van der Waals surface area (Å²) in [5, 5.41) is 1.04. The summed E-state index contributed by atoms with van der Waals surface area (Å²) in [5.74, 6) is 1.42. The van der Waals surface area contributed by atoms with Crippen molar-refractivity contribution in [2.45, 2.75) is 20.8 Å². The third-order valence-electron chi connectivity index (χ3n) is 2.73. The van der Waals surface area contributed by atoms with Gasteiger partial charge in [-0.05, 0) is 26.8 Å². The molecule has 0 fully saturated rings. The summed E-state index contributed by atoms with van der Waals surface area (Å²) >= 11 is 1.63. The molecule has 19 heavy (non-hydrogen) atoms. The number of imidazole rings is 1. The van der Waals surface area contributed by atoms with E-state index < -0.39 is 0 Å². The third-order valence-corrected chi connectivity index (χ3v) is 3.81. The number of H-pyrrole nitrogens is 1. The second-order valence-corrected chi connectivity index (χ2v) is 5.39. The van der Waals surface area contributed by atoms with Gasteiger partial charge in [-0.25, -0.2) is 9.97 Å². The Morgan fingerprint density at radius 2 is 2.05 bits per heavy atom. The highest BCUT2D eigenvalue weighted by molar-refractivity contribution is 7.15. The minimum Gasteiger partial charge on any atom is -0.478 e. The molecule has 0 atom stereocenters. The Morgan fingerprint density at radius 1 is 1.21 bits per heavy atom. The summed E-state index contributed by atoms with van der Waals surface area (Å²) < 4.78 is 5.38. The van der Waals surface area contributed by atoms with E-state index in [1.165, 1.54) is 0 Å². The standard InChI is InChI=1S/C13H14N4OS/c1-4-18-10-6-5-9-12(16-10)17-13(15-9)11-7(2)14-8(3)19-11/h5-6H,4H2,1-3H3,(H,15,16,17). The van der Waals surface area contributed by atoms with E-state index in [-0.39, 0.29) is 0 Å². The number of thiazole rings is 1. The van der Waals surface area contributed by atoms with Gasteiger partial charge in [-0.2, -0.15) is 4.98 Å². The SMILES string of the molecule is CCOc1ccc2[nH]c(-c3sc(C)nc3C)nc2n1. The zero-order chi connectivity index (χ0) is 13.4. The Morgan fingerprint density at radius 3 is 2.74 bits per heavy atom. The highest BCUT2D eigenvalue weighted by Crippen LogP contribution is 2.29. The number of hydrogen-bond acceptors (Lipinski definition) is 5. The molecule has 0 aliphatic rings. The van der Waals surface area contributed by atoms with Crippen LogP contribution in [0.3, 0.4) is 0 Å². The van der Waals surface area contributed by atoms with Crippen LogP contribution in [0.4, 0.5) is 0 Å². The molecule has 0 amide bonds. The maximum absolute atomic E-state index is 5.38. The van der Waals surface area contributed by atoms with Crippen LogP contribution in [0, 0.1) is 13.8 Å². The Hall–Kier alpha value is -1.95. The molecule has 3 heterocycles. The molecule has 0 unspecified atom stereocenters. The predicted molar refractivity (Wildman–Crippen MR) is 75.6 cm³/mol. The molecule has 0 bridgehead atoms. The first-order chi connectivity index (χ1) is 9.17. The number of fused-ring (bicyclic) bond motifs is 1. The van der Waals surface area contributed by atoms with Gasteiger partial charge in [-0.1, -0.05) is 0 Å². The van der Waals surface area contributed by atoms with Crippen molar-refractivity contribution in [2.75, 3.05) is 6.61 Å². The number of aryl methyl sites for hydroxylation is 2. The smallest absolute Gasteiger partial charge is 0.215 e. The molecule has 0 saturated carbocycles. The lowest BCUT2D eigenvalue weighted by Gasteiger charge is -1.99. The van der Waals surface area contributed by atoms with E-state index in [9.17, 15) is 0 Å². The van der Waals surface area contributed by atoms with E-state index in [0.29, 0.717) is 18.1 Å². The highest BCUT2D eigenvalue weighted by atomic mass is 32.1. The first kappa shape index (κ1) is 12.1. The Balaban J connectivity index is 2.08. The van der Waals surface area contributed by atoms with Crippen molar-refractivity contribution in [2.24, 2.45) is 0 Å². The summed E-state index contributed by atoms with van der Waals surface area (Å²) in [6.45, 7) is 6.52. The monoisotopic (exact) mass is 274 g/mol. The maximum Gasteiger partial charge on any atom is 0.215 e. The molecular formula is C13H14N4OS. The summed E-state index contributed by atoms with van der Waals surface area (Å²) in [5.41, 5.74) is 2.57. The number of aromatic nitrogens is 4. The van der Waals surface area contributed by atoms with Gasteiger partial charge in [0.1, 0.15) is 0 Å². The fraction of sp³-hybridized carbons (Fsp3) is 0.308. The molecule has 0 spiro atoms. The van der Waals surface area contributed by atoms with Gasteiger partial charge in [0.25, 0.3) is 0 Å². The van der Waals surface area contributed by atoms with Crippen molar-refractivity contribution in [3.05, 3.63) is 22.8 Å². The van der Waals surface area contributed by atoms with E-state index in [4.69, 9.17) is 4.74 Å². The molecule has 0 saturated heterocycles. The quantitative estimate of drug-likeness (QED) is 0.797. The maximum atomic E-state index is 5.38. The first-order valence-corrected chi connectivity index (χ1v) is 6.93. The van der Waals surface area contributed by atoms with Crippen molar-refractivity contribution >= 4 is 22.5 Å². The van der Waals surface area contributed by atoms with Gasteiger partial charge in [0.2, 0.25) is 5.88 Å². The van der Waals surface area contributed by atoms with Crippen LogP contribution in [0.25, 0.3) is 21.9 Å². The van der Waals surface area contributed by atoms with Crippen LogP contribution in [0.1, 0.15) is 17.6 Å². The molecule has 3 aromatic heterocycles. The lowest BCUT2D eigenvalue weighted by atomic mass is 10.4. The number of ether oxygens (including phenoxy) is 1. The number of pyridine rings is 1. The fourth-order valence-electron chi connectivity index (χ4n) is 1.96. The van der Waals surface area contributed by atoms with Gasteiger partial charge in [-0.3, -0.25) is 0 Å². The van der Waals surface area contributed by atoms with Crippen molar-refractivity contribution in [1.82, 2.24) is 19.9 Å². The van der Waals surface area contributed by atoms with Gasteiger partial charge >= 0.3 is 0 Å². The molecule has 98 valence electrons. The van der Waals surface area contributed by atoms with Crippen molar-refractivity contribution in [3.8, 4) is 16.6 Å². The minimum absolute atomic E-state index is 0.600. The molecule has 5 nitrogen and oxygen atoms in total. The number of rotatable bonds is 3. The lowest BCUT2D eigenvalue weighted by molar-refractivity contribution is 0.328. The van der Waals surface area contributed by atoms with Gasteiger partial charge in [0.15, 0.2) is 11.5 Å². The number of aromatic amines is 1. The van der Waals surface area contributed by atoms with E-state index in [1.807, 2.05) is 32.9 Å². The predicted octanol–water partition coefficient (Wildman–Crippen LogP) is 3.10. The van der Waals surface area contributed by atoms with Crippen LogP contribution < -0.4 is 4.74 Å². The van der Waals surface area contributed by atoms with E-state index >= 15 is 0 Å². The van der Waals surface area contributed by atoms with Gasteiger partial charge in [-0.15, -0.1) is 11.3 Å². The second kappa shape index (κ2) is 4.62. The molecule has 0 aliphatic heterocycles. The first-order valence-electron chi connectivity index (χ1n) is 6.11. The minimum atomic E-state index is 0.600. The van der Waals surface area contributed by atoms with Crippen LogP contribution in [0.5, 0.6) is 5.88 Å². The Bertz CT molecular complexity index is 731. The normalized spacial score (nSPS) is 11.1. The molecule has 0 aliphatic carbocycles. The largest absolute Gasteiger partial charge is 0.478 e. The van der Waals surface area contributed by atoms with Crippen LogP contribution in [0.15, 0.2) is 12.1 Å². The van der Waals surface area contributed by atoms with Crippen molar-refractivity contribution in [1.29, 1.82) is 0 Å². The summed E-state index contributed by atoms with van der Waals surface area (Å²) in [4.78, 5) is 17.6. The number of nitrogens with zero attached hydrogens (tertiary/aromatic N) is 3. The van der Waals surface area contributed by atoms with Crippen LogP contribution in [-0.2, 0) is 0 Å². The molecular weight excluding hydrogens is 260 g/mol. The molecule has 0 radical (unpaired) electrons. The number of nitrogens with one attached hydrogen (secondary N) is 1. The van der Waals surface area contributed by atoms with E-state index in [1.54, 1.807) is 11.3 Å². The Labute approximate surface area is 114 Å². The second-order valence-electron chi connectivity index (χ2n) is 4.19. The lowest BCUT2D eigenvalue weighted by Crippen LogP contribution is -1.93. The highest BCUT2D eigenvalue weighted by Gasteiger charge is 2.13. The van der Waals surface area contributed by atoms with Gasteiger partial charge in [0, 0.05) is 6.07 Å². The summed E-state index contributed by atoms with van der Waals surface area (Å²) in [6.07, 6.45) is 0. The van der Waals surface area contributed by atoms with Gasteiger partial charge < -0.3 is 9.72 Å². The molecule has 0 aromatic carbocycles. The molecule has 3 aromatic rings. The topological polar surface area (TPSA) is 63.7 Å². The fourth-order valence-corrected chi connectivity index (χ4v) is 2.83.